The van der Waals surface area contributed by atoms with Crippen LogP contribution >= 0.6 is 31.9 Å². The largest absolute Gasteiger partial charge is 0.452 e. The van der Waals surface area contributed by atoms with E-state index in [1.165, 1.54) is 0 Å². The van der Waals surface area contributed by atoms with Crippen molar-refractivity contribution < 1.29 is 4.42 Å². The van der Waals surface area contributed by atoms with Crippen molar-refractivity contribution >= 4 is 37.7 Å². The number of aromatic nitrogens is 1. The van der Waals surface area contributed by atoms with Gasteiger partial charge in [-0.3, -0.25) is 0 Å². The summed E-state index contributed by atoms with van der Waals surface area (Å²) in [5.41, 5.74) is 0. The minimum Gasteiger partial charge on any atom is -0.452 e. The van der Waals surface area contributed by atoms with E-state index in [0.29, 0.717) is 6.54 Å². The Kier molecular flexibility index (Phi) is 3.43. The summed E-state index contributed by atoms with van der Waals surface area (Å²) in [6.45, 7) is 0.625. The summed E-state index contributed by atoms with van der Waals surface area (Å²) in [4.78, 5) is 4.19. The highest BCUT2D eigenvalue weighted by Gasteiger charge is 1.99. The molecule has 3 nitrogen and oxygen atoms in total. The van der Waals surface area contributed by atoms with Crippen molar-refractivity contribution in [1.29, 1.82) is 0 Å². The van der Waals surface area contributed by atoms with Crippen molar-refractivity contribution in [3.63, 3.8) is 0 Å². The van der Waals surface area contributed by atoms with Crippen molar-refractivity contribution in [2.45, 2.75) is 6.54 Å². The van der Waals surface area contributed by atoms with Gasteiger partial charge in [-0.15, -0.1) is 0 Å². The number of hydrogen-bond acceptors (Lipinski definition) is 3. The van der Waals surface area contributed by atoms with Gasteiger partial charge in [-0.2, -0.15) is 0 Å². The Balaban J connectivity index is 1.96. The molecule has 2 heterocycles. The molecule has 0 bridgehead atoms. The third-order valence-electron chi connectivity index (χ3n) is 1.80. The van der Waals surface area contributed by atoms with Gasteiger partial charge < -0.3 is 9.73 Å². The molecule has 2 aromatic rings. The zero-order valence-corrected chi connectivity index (χ0v) is 10.9. The maximum Gasteiger partial charge on any atom is 0.169 e. The van der Waals surface area contributed by atoms with E-state index in [4.69, 9.17) is 4.42 Å². The Bertz CT molecular complexity index is 439. The Morgan fingerprint density at radius 2 is 2.07 bits per heavy atom. The summed E-state index contributed by atoms with van der Waals surface area (Å²) in [6, 6.07) is 7.62. The number of anilines is 1. The van der Waals surface area contributed by atoms with E-state index in [-0.39, 0.29) is 0 Å². The lowest BCUT2D eigenvalue weighted by Crippen LogP contribution is -1.99. The van der Waals surface area contributed by atoms with Crippen LogP contribution in [0.25, 0.3) is 0 Å². The van der Waals surface area contributed by atoms with Crippen molar-refractivity contribution in [2.24, 2.45) is 0 Å². The van der Waals surface area contributed by atoms with Crippen molar-refractivity contribution in [3.05, 3.63) is 45.4 Å². The highest BCUT2D eigenvalue weighted by molar-refractivity contribution is 9.10. The number of rotatable bonds is 3. The van der Waals surface area contributed by atoms with E-state index in [1.54, 1.807) is 6.20 Å². The second-order valence-corrected chi connectivity index (χ2v) is 4.62. The van der Waals surface area contributed by atoms with Gasteiger partial charge in [0.15, 0.2) is 4.67 Å². The zero-order chi connectivity index (χ0) is 10.7. The minimum atomic E-state index is 0.625. The monoisotopic (exact) mass is 330 g/mol. The third kappa shape index (κ3) is 3.07. The second kappa shape index (κ2) is 4.81. The molecule has 0 atom stereocenters. The third-order valence-corrected chi connectivity index (χ3v) is 2.70. The number of furan rings is 1. The van der Waals surface area contributed by atoms with Crippen LogP contribution in [0.5, 0.6) is 0 Å². The van der Waals surface area contributed by atoms with Gasteiger partial charge in [0.2, 0.25) is 0 Å². The molecular formula is C10H8Br2N2O. The number of hydrogen-bond donors (Lipinski definition) is 1. The molecule has 0 aliphatic rings. The van der Waals surface area contributed by atoms with E-state index in [2.05, 4.69) is 42.2 Å². The summed E-state index contributed by atoms with van der Waals surface area (Å²) in [6.07, 6.45) is 1.75. The molecule has 2 aromatic heterocycles. The van der Waals surface area contributed by atoms with E-state index in [1.807, 2.05) is 24.3 Å². The molecule has 0 unspecified atom stereocenters. The second-order valence-electron chi connectivity index (χ2n) is 2.92. The van der Waals surface area contributed by atoms with Crippen LogP contribution in [0.1, 0.15) is 5.76 Å². The lowest BCUT2D eigenvalue weighted by molar-refractivity contribution is 0.495. The predicted octanol–water partition coefficient (Wildman–Crippen LogP) is 3.81. The summed E-state index contributed by atoms with van der Waals surface area (Å²) in [7, 11) is 0. The lowest BCUT2D eigenvalue weighted by Gasteiger charge is -2.02. The van der Waals surface area contributed by atoms with Gasteiger partial charge in [0.25, 0.3) is 0 Å². The molecule has 78 valence electrons. The number of halogens is 2. The van der Waals surface area contributed by atoms with Gasteiger partial charge in [0, 0.05) is 10.7 Å². The van der Waals surface area contributed by atoms with Gasteiger partial charge in [-0.05, 0) is 56.1 Å². The summed E-state index contributed by atoms with van der Waals surface area (Å²) < 4.78 is 7.05. The maximum absolute atomic E-state index is 5.35. The smallest absolute Gasteiger partial charge is 0.169 e. The van der Waals surface area contributed by atoms with Gasteiger partial charge in [-0.1, -0.05) is 0 Å². The maximum atomic E-state index is 5.35. The minimum absolute atomic E-state index is 0.625. The van der Waals surface area contributed by atoms with Crippen molar-refractivity contribution in [3.8, 4) is 0 Å². The van der Waals surface area contributed by atoms with E-state index < -0.39 is 0 Å². The predicted molar refractivity (Wildman–Crippen MR) is 65.7 cm³/mol. The van der Waals surface area contributed by atoms with Crippen LogP contribution in [0, 0.1) is 0 Å². The average molecular weight is 332 g/mol. The quantitative estimate of drug-likeness (QED) is 0.929. The van der Waals surface area contributed by atoms with E-state index in [9.17, 15) is 0 Å². The van der Waals surface area contributed by atoms with Crippen LogP contribution < -0.4 is 5.32 Å². The van der Waals surface area contributed by atoms with E-state index in [0.717, 1.165) is 20.7 Å². The zero-order valence-electron chi connectivity index (χ0n) is 7.71. The Hall–Kier alpha value is -0.810. The van der Waals surface area contributed by atoms with Crippen LogP contribution in [-0.4, -0.2) is 4.98 Å². The van der Waals surface area contributed by atoms with Crippen LogP contribution in [0.2, 0.25) is 0 Å². The van der Waals surface area contributed by atoms with E-state index >= 15 is 0 Å². The molecule has 0 aromatic carbocycles. The average Bonchev–Trinajstić information content (AvgIpc) is 2.64. The molecular weight excluding hydrogens is 324 g/mol. The molecule has 0 fully saturated rings. The van der Waals surface area contributed by atoms with Crippen LogP contribution in [0.15, 0.2) is 44.0 Å². The van der Waals surface area contributed by atoms with Crippen molar-refractivity contribution in [1.82, 2.24) is 4.98 Å². The first-order valence-corrected chi connectivity index (χ1v) is 5.92. The van der Waals surface area contributed by atoms with Gasteiger partial charge >= 0.3 is 0 Å². The summed E-state index contributed by atoms with van der Waals surface area (Å²) in [5, 5.41) is 3.15. The molecule has 0 spiro atoms. The van der Waals surface area contributed by atoms with Crippen molar-refractivity contribution in [2.75, 3.05) is 5.32 Å². The molecule has 0 aliphatic heterocycles. The highest BCUT2D eigenvalue weighted by atomic mass is 79.9. The summed E-state index contributed by atoms with van der Waals surface area (Å²) in [5.74, 6) is 1.69. The fourth-order valence-corrected chi connectivity index (χ4v) is 1.68. The first kappa shape index (κ1) is 10.7. The Morgan fingerprint density at radius 3 is 2.67 bits per heavy atom. The standard InChI is InChI=1S/C10H8Br2N2O/c11-7-1-4-10(13-5-7)14-6-8-2-3-9(12)15-8/h1-5H,6H2,(H,13,14). The molecule has 15 heavy (non-hydrogen) atoms. The highest BCUT2D eigenvalue weighted by Crippen LogP contribution is 2.16. The topological polar surface area (TPSA) is 38.1 Å². The molecule has 2 rings (SSSR count). The van der Waals surface area contributed by atoms with Gasteiger partial charge in [0.1, 0.15) is 11.6 Å². The number of nitrogens with one attached hydrogen (secondary N) is 1. The Morgan fingerprint density at radius 1 is 1.20 bits per heavy atom. The first-order valence-electron chi connectivity index (χ1n) is 4.34. The molecule has 0 aliphatic carbocycles. The van der Waals surface area contributed by atoms with Crippen LogP contribution in [-0.2, 0) is 6.54 Å². The molecule has 5 heteroatoms. The molecule has 0 radical (unpaired) electrons. The van der Waals surface area contributed by atoms with Gasteiger partial charge in [-0.25, -0.2) is 4.98 Å². The number of pyridine rings is 1. The lowest BCUT2D eigenvalue weighted by atomic mass is 10.4. The molecule has 1 N–H and O–H groups in total. The molecule has 0 amide bonds. The molecule has 0 saturated heterocycles. The SMILES string of the molecule is Brc1ccc(NCc2ccc(Br)o2)nc1. The fourth-order valence-electron chi connectivity index (χ4n) is 1.10. The normalized spacial score (nSPS) is 10.3. The Labute approximate surface area is 104 Å². The van der Waals surface area contributed by atoms with Crippen LogP contribution in [0.4, 0.5) is 5.82 Å². The summed E-state index contributed by atoms with van der Waals surface area (Å²) >= 11 is 6.58. The molecule has 0 saturated carbocycles. The van der Waals surface area contributed by atoms with Crippen LogP contribution in [0.3, 0.4) is 0 Å². The van der Waals surface area contributed by atoms with Gasteiger partial charge in [0.05, 0.1) is 6.54 Å². The first-order chi connectivity index (χ1) is 7.24. The number of nitrogens with zero attached hydrogens (tertiary/aromatic N) is 1. The fraction of sp³-hybridized carbons (Fsp3) is 0.100.